The predicted octanol–water partition coefficient (Wildman–Crippen LogP) is 2.54. The quantitative estimate of drug-likeness (QED) is 0.210. The molecule has 10 heteroatoms. The molecule has 36 heavy (non-hydrogen) atoms. The number of imidazole rings is 1. The van der Waals surface area contributed by atoms with Crippen molar-refractivity contribution in [2.24, 2.45) is 0 Å². The number of rotatable bonds is 10. The number of esters is 1. The van der Waals surface area contributed by atoms with Crippen molar-refractivity contribution in [1.82, 2.24) is 15.0 Å². The smallest absolute Gasteiger partial charge is 0.374 e. The second kappa shape index (κ2) is 11.5. The van der Waals surface area contributed by atoms with Crippen LogP contribution in [0.2, 0.25) is 0 Å². The van der Waals surface area contributed by atoms with E-state index in [1.165, 1.54) is 0 Å². The Morgan fingerprint density at radius 3 is 2.50 bits per heavy atom. The van der Waals surface area contributed by atoms with E-state index in [0.717, 1.165) is 35.7 Å². The minimum absolute atomic E-state index is 0.0509. The summed E-state index contributed by atoms with van der Waals surface area (Å²) in [5, 5.41) is 34.0. The van der Waals surface area contributed by atoms with E-state index in [1.807, 2.05) is 37.4 Å². The molecular weight excluding hydrogens is 466 g/mol. The third-order valence-corrected chi connectivity index (χ3v) is 6.64. The maximum absolute atomic E-state index is 12.8. The van der Waals surface area contributed by atoms with Crippen molar-refractivity contribution < 1.29 is 34.3 Å². The number of aliphatic hydroxyl groups excluding tert-OH is 3. The fourth-order valence-corrected chi connectivity index (χ4v) is 4.67. The molecule has 2 heterocycles. The van der Waals surface area contributed by atoms with E-state index in [4.69, 9.17) is 14.2 Å². The van der Waals surface area contributed by atoms with Gasteiger partial charge in [-0.05, 0) is 26.3 Å². The zero-order valence-electron chi connectivity index (χ0n) is 20.8. The molecule has 4 rings (SSSR count). The number of aromatic amines is 2. The highest BCUT2D eigenvalue weighted by molar-refractivity contribution is 5.85. The maximum Gasteiger partial charge on any atom is 0.374 e. The third-order valence-electron chi connectivity index (χ3n) is 6.64. The summed E-state index contributed by atoms with van der Waals surface area (Å²) in [5.41, 5.74) is 2.36. The number of fused-ring (bicyclic) bond motifs is 1. The van der Waals surface area contributed by atoms with Crippen molar-refractivity contribution >= 4 is 16.9 Å². The van der Waals surface area contributed by atoms with Crippen molar-refractivity contribution in [3.63, 3.8) is 0 Å². The minimum atomic E-state index is -1.55. The number of H-pyrrole nitrogens is 2. The molecule has 5 N–H and O–H groups in total. The first-order valence-corrected chi connectivity index (χ1v) is 12.4. The number of aliphatic hydroxyl groups is 3. The van der Waals surface area contributed by atoms with Crippen molar-refractivity contribution in [3.05, 3.63) is 53.7 Å². The maximum atomic E-state index is 12.8. The average Bonchev–Trinajstić information content (AvgIpc) is 3.50. The summed E-state index contributed by atoms with van der Waals surface area (Å²) in [4.78, 5) is 22.7. The molecule has 2 aromatic heterocycles. The topological polar surface area (TPSA) is 150 Å². The van der Waals surface area contributed by atoms with Gasteiger partial charge in [0.2, 0.25) is 5.82 Å². The molecule has 0 aliphatic heterocycles. The fraction of sp³-hybridized carbons (Fsp3) is 0.538. The summed E-state index contributed by atoms with van der Waals surface area (Å²) in [6.07, 6.45) is -2.57. The molecular formula is C26H35N3O7. The van der Waals surface area contributed by atoms with Crippen LogP contribution in [0.25, 0.3) is 10.9 Å². The standard InChI is InChI=1S/C26H35N3O7/c1-4-5-8-11-34-22-19(30)20(31)23(36-26(33)25-28-12-14(2)29-25)24(21(22)32)35-15(3)17-13-27-18-10-7-6-9-16(17)18/h6-7,9-10,12-13,15,19-24,27,30-32H,4-5,8,11H2,1-3H3,(H,28,29). The highest BCUT2D eigenvalue weighted by atomic mass is 16.6. The summed E-state index contributed by atoms with van der Waals surface area (Å²) < 4.78 is 17.6. The second-order valence-electron chi connectivity index (χ2n) is 9.31. The third kappa shape index (κ3) is 5.47. The highest BCUT2D eigenvalue weighted by Gasteiger charge is 2.53. The van der Waals surface area contributed by atoms with Crippen LogP contribution in [0.4, 0.5) is 0 Å². The number of carbonyl (C=O) groups excluding carboxylic acids is 1. The van der Waals surface area contributed by atoms with Crippen LogP contribution in [-0.4, -0.2) is 79.5 Å². The van der Waals surface area contributed by atoms with Gasteiger partial charge < -0.3 is 39.5 Å². The molecule has 3 aromatic rings. The lowest BCUT2D eigenvalue weighted by Gasteiger charge is -2.45. The first kappa shape index (κ1) is 26.3. The van der Waals surface area contributed by atoms with Crippen LogP contribution in [0.5, 0.6) is 0 Å². The van der Waals surface area contributed by atoms with Crippen LogP contribution in [-0.2, 0) is 14.2 Å². The Balaban J connectivity index is 1.59. The van der Waals surface area contributed by atoms with Gasteiger partial charge in [-0.25, -0.2) is 9.78 Å². The first-order valence-electron chi connectivity index (χ1n) is 12.4. The van der Waals surface area contributed by atoms with Crippen LogP contribution >= 0.6 is 0 Å². The predicted molar refractivity (Wildman–Crippen MR) is 131 cm³/mol. The Labute approximate surface area is 209 Å². The molecule has 7 atom stereocenters. The Bertz CT molecular complexity index is 1150. The highest BCUT2D eigenvalue weighted by Crippen LogP contribution is 2.34. The van der Waals surface area contributed by atoms with E-state index in [9.17, 15) is 20.1 Å². The van der Waals surface area contributed by atoms with Crippen LogP contribution in [0.15, 0.2) is 36.7 Å². The monoisotopic (exact) mass is 501 g/mol. The summed E-state index contributed by atoms with van der Waals surface area (Å²) in [6.45, 7) is 5.89. The average molecular weight is 502 g/mol. The normalized spacial score (nSPS) is 27.3. The Morgan fingerprint density at radius 2 is 1.78 bits per heavy atom. The lowest BCUT2D eigenvalue weighted by Crippen LogP contribution is -2.66. The van der Waals surface area contributed by atoms with Gasteiger partial charge in [0.1, 0.15) is 30.5 Å². The molecule has 1 saturated carbocycles. The van der Waals surface area contributed by atoms with E-state index in [-0.39, 0.29) is 5.82 Å². The van der Waals surface area contributed by atoms with Gasteiger partial charge in [0.15, 0.2) is 6.10 Å². The number of unbranched alkanes of at least 4 members (excludes halogenated alkanes) is 2. The van der Waals surface area contributed by atoms with E-state index in [0.29, 0.717) is 12.3 Å². The van der Waals surface area contributed by atoms with Gasteiger partial charge in [-0.15, -0.1) is 0 Å². The zero-order chi connectivity index (χ0) is 25.8. The Kier molecular flexibility index (Phi) is 8.43. The number of nitrogens with one attached hydrogen (secondary N) is 2. The van der Waals surface area contributed by atoms with Crippen molar-refractivity contribution in [3.8, 4) is 0 Å². The summed E-state index contributed by atoms with van der Waals surface area (Å²) in [6, 6.07) is 7.73. The Hall–Kier alpha value is -2.76. The molecule has 0 amide bonds. The summed E-state index contributed by atoms with van der Waals surface area (Å²) in [5.74, 6) is -0.882. The molecule has 0 spiro atoms. The van der Waals surface area contributed by atoms with Crippen LogP contribution < -0.4 is 0 Å². The van der Waals surface area contributed by atoms with Crippen molar-refractivity contribution in [1.29, 1.82) is 0 Å². The van der Waals surface area contributed by atoms with Crippen molar-refractivity contribution in [2.75, 3.05) is 6.61 Å². The SMILES string of the molecule is CCCCCOC1C(O)C(O)C(OC(=O)c2nc(C)c[nH]2)C(OC(C)c2c[nH]c3ccccc23)C1O. The molecule has 1 fully saturated rings. The minimum Gasteiger partial charge on any atom is -0.451 e. The zero-order valence-corrected chi connectivity index (χ0v) is 20.8. The number of hydrogen-bond donors (Lipinski definition) is 5. The summed E-state index contributed by atoms with van der Waals surface area (Å²) in [7, 11) is 0. The largest absolute Gasteiger partial charge is 0.451 e. The van der Waals surface area contributed by atoms with Gasteiger partial charge in [-0.3, -0.25) is 0 Å². The number of benzene rings is 1. The molecule has 1 aromatic carbocycles. The molecule has 7 unspecified atom stereocenters. The fourth-order valence-electron chi connectivity index (χ4n) is 4.67. The number of carbonyl (C=O) groups is 1. The van der Waals surface area contributed by atoms with Gasteiger partial charge in [0, 0.05) is 35.5 Å². The lowest BCUT2D eigenvalue weighted by molar-refractivity contribution is -0.253. The number of para-hydroxylation sites is 1. The van der Waals surface area contributed by atoms with Crippen LogP contribution in [0, 0.1) is 6.92 Å². The number of ether oxygens (including phenoxy) is 3. The van der Waals surface area contributed by atoms with Crippen LogP contribution in [0.3, 0.4) is 0 Å². The van der Waals surface area contributed by atoms with Gasteiger partial charge in [-0.2, -0.15) is 0 Å². The molecule has 0 radical (unpaired) electrons. The second-order valence-corrected chi connectivity index (χ2v) is 9.31. The first-order chi connectivity index (χ1) is 17.3. The van der Waals surface area contributed by atoms with E-state index < -0.39 is 48.7 Å². The molecule has 1 aliphatic rings. The van der Waals surface area contributed by atoms with E-state index >= 15 is 0 Å². The molecule has 0 bridgehead atoms. The van der Waals surface area contributed by atoms with Gasteiger partial charge in [0.25, 0.3) is 0 Å². The van der Waals surface area contributed by atoms with Gasteiger partial charge >= 0.3 is 5.97 Å². The van der Waals surface area contributed by atoms with Crippen molar-refractivity contribution in [2.45, 2.75) is 82.8 Å². The van der Waals surface area contributed by atoms with E-state index in [2.05, 4.69) is 21.9 Å². The number of hydrogen-bond acceptors (Lipinski definition) is 8. The van der Waals surface area contributed by atoms with Crippen LogP contribution in [0.1, 0.15) is 61.1 Å². The number of nitrogens with zero attached hydrogens (tertiary/aromatic N) is 1. The van der Waals surface area contributed by atoms with Gasteiger partial charge in [0.05, 0.1) is 11.8 Å². The van der Waals surface area contributed by atoms with E-state index in [1.54, 1.807) is 13.1 Å². The number of aryl methyl sites for hydroxylation is 1. The molecule has 1 aliphatic carbocycles. The number of aromatic nitrogens is 3. The lowest BCUT2D eigenvalue weighted by atomic mass is 9.84. The summed E-state index contributed by atoms with van der Waals surface area (Å²) >= 11 is 0. The molecule has 10 nitrogen and oxygen atoms in total. The Morgan fingerprint density at radius 1 is 1.03 bits per heavy atom. The molecule has 0 saturated heterocycles. The molecule has 196 valence electrons. The van der Waals surface area contributed by atoms with Gasteiger partial charge in [-0.1, -0.05) is 38.0 Å².